The van der Waals surface area contributed by atoms with Gasteiger partial charge in [-0.15, -0.1) is 5.06 Å². The maximum absolute atomic E-state index is 11.8. The van der Waals surface area contributed by atoms with Crippen molar-refractivity contribution in [1.82, 2.24) is 10.1 Å². The minimum atomic E-state index is -0.827. The van der Waals surface area contributed by atoms with Gasteiger partial charge >= 0.3 is 29.8 Å². The number of aromatic hydroxyl groups is 1. The number of amides is 4. The van der Waals surface area contributed by atoms with E-state index in [1.807, 2.05) is 0 Å². The van der Waals surface area contributed by atoms with Crippen LogP contribution in [0.2, 0.25) is 0 Å². The average Bonchev–Trinajstić information content (AvgIpc) is 3.75. The number of benzene rings is 3. The summed E-state index contributed by atoms with van der Waals surface area (Å²) in [6.45, 7) is 10.3. The van der Waals surface area contributed by atoms with Gasteiger partial charge in [-0.1, -0.05) is 84.2 Å². The van der Waals surface area contributed by atoms with Gasteiger partial charge in [0.25, 0.3) is 23.6 Å². The second-order valence-corrected chi connectivity index (χ2v) is 23.0. The first-order valence-corrected chi connectivity index (χ1v) is 24.2. The second kappa shape index (κ2) is 29.7. The van der Waals surface area contributed by atoms with E-state index in [9.17, 15) is 47.9 Å². The van der Waals surface area contributed by atoms with Gasteiger partial charge in [-0.2, -0.15) is 5.06 Å². The van der Waals surface area contributed by atoms with Crippen LogP contribution in [0.25, 0.3) is 0 Å². The highest BCUT2D eigenvalue weighted by Gasteiger charge is 2.33. The molecule has 0 aromatic heterocycles. The minimum Gasteiger partial charge on any atom is -0.508 e. The van der Waals surface area contributed by atoms with Crippen LogP contribution < -0.4 is 9.47 Å². The van der Waals surface area contributed by atoms with E-state index in [1.54, 1.807) is 114 Å². The first-order chi connectivity index (χ1) is 32.3. The Labute approximate surface area is 437 Å². The number of hydroxylamine groups is 4. The number of hydrogen-bond acceptors (Lipinski definition) is 15. The number of imide groups is 2. The smallest absolute Gasteiger partial charge is 0.333 e. The van der Waals surface area contributed by atoms with Crippen LogP contribution in [0.1, 0.15) is 103 Å². The van der Waals surface area contributed by atoms with Crippen LogP contribution in [0.4, 0.5) is 0 Å². The van der Waals surface area contributed by atoms with E-state index in [0.29, 0.717) is 35.8 Å². The zero-order valence-corrected chi connectivity index (χ0v) is 45.3. The Morgan fingerprint density at radius 3 is 1.10 bits per heavy atom. The van der Waals surface area contributed by atoms with Crippen molar-refractivity contribution in [3.63, 3.8) is 0 Å². The molecule has 382 valence electrons. The van der Waals surface area contributed by atoms with Crippen molar-refractivity contribution in [2.75, 3.05) is 0 Å². The number of nitrogens with zero attached hydrogens (tertiary/aromatic N) is 2. The zero-order chi connectivity index (χ0) is 53.6. The molecular formula is C47H54Br4N2O17. The fraction of sp³-hybridized carbons (Fsp3) is 0.404. The molecule has 5 rings (SSSR count). The standard InChI is InChI=1S/C17H18BrNO6.C13H15BrO4.C9H10O3.C4H6Br2O.C4H5NO3/c1-17(2,18)16(23)24-12-6-3-11(4-7-12)5-10-15(22)25-19-13(20)8-9-14(19)21;1-13(2,14)12(17)18-10-6-3-9(4-7-10)5-8-11(15)16;10-8-4-1-7(2-5-8)3-6-9(11)12;1-4(2,6)3(5)7;6-3-1-2-4(7)5(3)8/h3-4,6-7H,5,8-10H2,1-2H3;3-4,6-7H,5,8H2,1-2H3,(H,15,16);1-2,4-5,10H,3,6H2,(H,11,12);1-2H3;8H,1-2H2. The van der Waals surface area contributed by atoms with E-state index in [2.05, 4.69) is 63.7 Å². The number of carboxylic acids is 2. The molecule has 2 aliphatic rings. The number of ether oxygens (including phenoxy) is 2. The third kappa shape index (κ3) is 26.0. The van der Waals surface area contributed by atoms with Gasteiger partial charge in [0, 0.05) is 38.5 Å². The van der Waals surface area contributed by atoms with Crippen LogP contribution in [0.15, 0.2) is 72.8 Å². The molecule has 0 aliphatic carbocycles. The van der Waals surface area contributed by atoms with Crippen molar-refractivity contribution in [3.05, 3.63) is 89.5 Å². The molecule has 0 atom stereocenters. The summed E-state index contributed by atoms with van der Waals surface area (Å²) in [5.74, 6) is -4.03. The minimum absolute atomic E-state index is 0.0185. The lowest BCUT2D eigenvalue weighted by atomic mass is 10.1. The highest BCUT2D eigenvalue weighted by Crippen LogP contribution is 2.23. The van der Waals surface area contributed by atoms with Crippen molar-refractivity contribution in [1.29, 1.82) is 0 Å². The van der Waals surface area contributed by atoms with Crippen molar-refractivity contribution in [3.8, 4) is 17.2 Å². The van der Waals surface area contributed by atoms with Gasteiger partial charge in [-0.25, -0.2) is 4.79 Å². The van der Waals surface area contributed by atoms with Crippen LogP contribution in [-0.4, -0.2) is 102 Å². The lowest BCUT2D eigenvalue weighted by Gasteiger charge is -2.14. The number of esters is 2. The molecular weight excluding hydrogens is 1180 g/mol. The summed E-state index contributed by atoms with van der Waals surface area (Å²) in [6, 6.07) is 20.1. The molecule has 4 amide bonds. The SMILES string of the molecule is CC(C)(Br)C(=O)Br.CC(C)(Br)C(=O)Oc1ccc(CCC(=O)O)cc1.CC(C)(Br)C(=O)Oc1ccc(CCC(=O)ON2C(=O)CCC2=O)cc1.O=C(O)CCc1ccc(O)cc1.O=C1CCC(=O)N1O. The van der Waals surface area contributed by atoms with Gasteiger partial charge in [-0.05, 0) is 130 Å². The summed E-state index contributed by atoms with van der Waals surface area (Å²) in [5, 5.41) is 35.0. The summed E-state index contributed by atoms with van der Waals surface area (Å²) in [4.78, 5) is 114. The first-order valence-electron chi connectivity index (χ1n) is 21.0. The Kier molecular flexibility index (Phi) is 26.6. The van der Waals surface area contributed by atoms with Gasteiger partial charge in [0.1, 0.15) is 25.9 Å². The predicted molar refractivity (Wildman–Crippen MR) is 265 cm³/mol. The molecule has 2 aliphatic heterocycles. The van der Waals surface area contributed by atoms with Crippen molar-refractivity contribution in [2.24, 2.45) is 0 Å². The average molecular weight is 1240 g/mol. The largest absolute Gasteiger partial charge is 0.508 e. The van der Waals surface area contributed by atoms with E-state index >= 15 is 0 Å². The van der Waals surface area contributed by atoms with Crippen LogP contribution >= 0.6 is 63.7 Å². The number of phenolic OH excluding ortho intramolecular Hbond substituents is 1. The molecule has 0 saturated carbocycles. The third-order valence-corrected chi connectivity index (χ3v) is 11.3. The summed E-state index contributed by atoms with van der Waals surface area (Å²) in [6.07, 6.45) is 2.01. The van der Waals surface area contributed by atoms with E-state index in [-0.39, 0.29) is 66.4 Å². The quantitative estimate of drug-likeness (QED) is 0.0279. The number of carbonyl (C=O) groups is 10. The van der Waals surface area contributed by atoms with Gasteiger partial charge in [-0.3, -0.25) is 48.4 Å². The molecule has 2 fully saturated rings. The lowest BCUT2D eigenvalue weighted by Crippen LogP contribution is -2.32. The number of alkyl halides is 3. The predicted octanol–water partition coefficient (Wildman–Crippen LogP) is 8.10. The zero-order valence-electron chi connectivity index (χ0n) is 39.0. The van der Waals surface area contributed by atoms with Crippen molar-refractivity contribution < 1.29 is 82.8 Å². The summed E-state index contributed by atoms with van der Waals surface area (Å²) >= 11 is 12.4. The normalized spacial score (nSPS) is 13.2. The number of phenols is 1. The molecule has 4 N–H and O–H groups in total. The maximum atomic E-state index is 11.8. The number of aliphatic carboxylic acids is 2. The van der Waals surface area contributed by atoms with E-state index in [1.165, 1.54) is 0 Å². The molecule has 0 unspecified atom stereocenters. The summed E-state index contributed by atoms with van der Waals surface area (Å²) in [5.41, 5.74) is 2.65. The topological polar surface area (TPSA) is 286 Å². The van der Waals surface area contributed by atoms with Crippen molar-refractivity contribution in [2.45, 2.75) is 119 Å². The van der Waals surface area contributed by atoms with Gasteiger partial charge in [0.2, 0.25) is 4.69 Å². The molecule has 70 heavy (non-hydrogen) atoms. The monoisotopic (exact) mass is 1230 g/mol. The third-order valence-electron chi connectivity index (χ3n) is 8.74. The molecule has 3 aromatic carbocycles. The van der Waals surface area contributed by atoms with Crippen LogP contribution in [0.3, 0.4) is 0 Å². The Morgan fingerprint density at radius 2 is 0.829 bits per heavy atom. The highest BCUT2D eigenvalue weighted by atomic mass is 79.9. The lowest BCUT2D eigenvalue weighted by molar-refractivity contribution is -0.197. The van der Waals surface area contributed by atoms with Crippen LogP contribution in [0.5, 0.6) is 17.2 Å². The van der Waals surface area contributed by atoms with Gasteiger partial charge in [0.05, 0.1) is 10.7 Å². The maximum Gasteiger partial charge on any atom is 0.333 e. The molecule has 3 aromatic rings. The molecule has 19 nitrogen and oxygen atoms in total. The number of rotatable bonds is 15. The van der Waals surface area contributed by atoms with Crippen molar-refractivity contribution >= 4 is 122 Å². The van der Waals surface area contributed by atoms with E-state index in [4.69, 9.17) is 34.8 Å². The molecule has 0 spiro atoms. The number of halogens is 4. The number of carbonyl (C=O) groups excluding carboxylic acids is 8. The van der Waals surface area contributed by atoms with E-state index in [0.717, 1.165) is 16.7 Å². The molecule has 23 heteroatoms. The van der Waals surface area contributed by atoms with Gasteiger partial charge < -0.3 is 29.6 Å². The second-order valence-electron chi connectivity index (χ2n) is 16.4. The summed E-state index contributed by atoms with van der Waals surface area (Å²) in [7, 11) is 0. The number of carboxylic acid groups (broad SMARTS) is 2. The number of hydrogen-bond donors (Lipinski definition) is 4. The van der Waals surface area contributed by atoms with Crippen LogP contribution in [0, 0.1) is 0 Å². The Bertz CT molecular complexity index is 2270. The molecule has 0 bridgehead atoms. The summed E-state index contributed by atoms with van der Waals surface area (Å²) < 4.78 is 8.43. The molecule has 0 radical (unpaired) electrons. The fourth-order valence-corrected chi connectivity index (χ4v) is 4.85. The highest BCUT2D eigenvalue weighted by molar-refractivity contribution is 9.20. The van der Waals surface area contributed by atoms with E-state index < -0.39 is 60.5 Å². The molecule has 2 heterocycles. The fourth-order valence-electron chi connectivity index (χ4n) is 4.69. The Hall–Kier alpha value is -5.36. The Morgan fingerprint density at radius 1 is 0.529 bits per heavy atom. The number of aryl methyl sites for hydroxylation is 3. The molecule has 2 saturated heterocycles. The van der Waals surface area contributed by atoms with Gasteiger partial charge in [0.15, 0.2) is 0 Å². The first kappa shape index (κ1) is 62.7. The van der Waals surface area contributed by atoms with Crippen LogP contribution in [-0.2, 0) is 72.0 Å². The Balaban J connectivity index is 0.000000474.